The third kappa shape index (κ3) is 6.62. The summed E-state index contributed by atoms with van der Waals surface area (Å²) in [5.74, 6) is -0.640. The van der Waals surface area contributed by atoms with Crippen molar-refractivity contribution < 1.29 is 27.9 Å². The molecule has 0 radical (unpaired) electrons. The topological polar surface area (TPSA) is 116 Å². The number of carbonyl (C=O) groups excluding carboxylic acids is 2. The minimum absolute atomic E-state index is 0.00793. The first-order valence-corrected chi connectivity index (χ1v) is 15.6. The highest BCUT2D eigenvalue weighted by Crippen LogP contribution is 2.36. The van der Waals surface area contributed by atoms with Crippen LogP contribution in [0.3, 0.4) is 0 Å². The van der Waals surface area contributed by atoms with Crippen LogP contribution < -0.4 is 10.1 Å². The number of aliphatic hydroxyl groups excluding tert-OH is 1. The van der Waals surface area contributed by atoms with Gasteiger partial charge in [-0.1, -0.05) is 43.9 Å². The first-order valence-electron chi connectivity index (χ1n) is 13.8. The van der Waals surface area contributed by atoms with E-state index in [1.165, 1.54) is 35.6 Å². The maximum Gasteiger partial charge on any atom is 0.258 e. The monoisotopic (exact) mass is 591 g/mol. The Balaban J connectivity index is 1.69. The van der Waals surface area contributed by atoms with Gasteiger partial charge in [-0.25, -0.2) is 8.42 Å². The molecule has 4 rings (SSSR count). The summed E-state index contributed by atoms with van der Waals surface area (Å²) in [5.41, 5.74) is 0.627. The average molecular weight is 592 g/mol. The number of benzene rings is 2. The molecule has 3 atom stereocenters. The number of hydrogen-bond donors (Lipinski definition) is 2. The zero-order valence-electron chi connectivity index (χ0n) is 23.2. The molecule has 11 heteroatoms. The van der Waals surface area contributed by atoms with Gasteiger partial charge in [0.05, 0.1) is 35.3 Å². The fourth-order valence-electron chi connectivity index (χ4n) is 5.30. The van der Waals surface area contributed by atoms with Crippen molar-refractivity contribution in [1.29, 1.82) is 0 Å². The first-order chi connectivity index (χ1) is 19.0. The Morgan fingerprint density at radius 2 is 1.85 bits per heavy atom. The van der Waals surface area contributed by atoms with Gasteiger partial charge in [-0.05, 0) is 56.2 Å². The second-order valence-corrected chi connectivity index (χ2v) is 13.3. The van der Waals surface area contributed by atoms with E-state index < -0.39 is 22.2 Å². The molecule has 2 aliphatic rings. The predicted molar refractivity (Wildman–Crippen MR) is 154 cm³/mol. The third-order valence-corrected chi connectivity index (χ3v) is 9.97. The lowest BCUT2D eigenvalue weighted by atomic mass is 9.88. The van der Waals surface area contributed by atoms with Gasteiger partial charge in [0.15, 0.2) is 5.75 Å². The number of carbonyl (C=O) groups is 2. The standard InChI is InChI=1S/C29H38ClN3O6S/c1-19-16-33(20(2)18-34)29(36)24-10-7-11-25(31-28(35)21-8-5-4-6-9-21)27(24)39-26(19)17-32(3)40(37,38)23-14-12-22(30)13-15-23/h7,10-15,19-21,26,34H,4-6,8-9,16-18H2,1-3H3,(H,31,35)/t19-,20-,26-/m1/s1. The summed E-state index contributed by atoms with van der Waals surface area (Å²) < 4.78 is 34.4. The van der Waals surface area contributed by atoms with Crippen molar-refractivity contribution >= 4 is 39.1 Å². The summed E-state index contributed by atoms with van der Waals surface area (Å²) in [6.07, 6.45) is 4.09. The molecule has 2 amide bonds. The van der Waals surface area contributed by atoms with Gasteiger partial charge in [0, 0.05) is 30.5 Å². The minimum Gasteiger partial charge on any atom is -0.486 e. The molecule has 0 aromatic heterocycles. The third-order valence-electron chi connectivity index (χ3n) is 7.88. The van der Waals surface area contributed by atoms with Crippen LogP contribution >= 0.6 is 11.6 Å². The van der Waals surface area contributed by atoms with Crippen molar-refractivity contribution in [2.45, 2.75) is 63.0 Å². The molecule has 40 heavy (non-hydrogen) atoms. The Bertz CT molecular complexity index is 1310. The molecule has 1 aliphatic carbocycles. The van der Waals surface area contributed by atoms with Gasteiger partial charge in [0.1, 0.15) is 6.10 Å². The number of hydrogen-bond acceptors (Lipinski definition) is 6. The van der Waals surface area contributed by atoms with Gasteiger partial charge < -0.3 is 20.1 Å². The van der Waals surface area contributed by atoms with E-state index in [1.807, 2.05) is 6.92 Å². The summed E-state index contributed by atoms with van der Waals surface area (Å²) in [5, 5.41) is 13.3. The number of halogens is 1. The number of rotatable bonds is 8. The number of fused-ring (bicyclic) bond motifs is 1. The SMILES string of the molecule is C[C@@H]1CN([C@H](C)CO)C(=O)c2cccc(NC(=O)C3CCCCC3)c2O[C@@H]1CN(C)S(=O)(=O)c1ccc(Cl)cc1. The largest absolute Gasteiger partial charge is 0.486 e. The van der Waals surface area contributed by atoms with Crippen LogP contribution in [0.25, 0.3) is 0 Å². The molecule has 9 nitrogen and oxygen atoms in total. The van der Waals surface area contributed by atoms with E-state index in [0.29, 0.717) is 10.7 Å². The molecule has 218 valence electrons. The number of anilines is 1. The van der Waals surface area contributed by atoms with E-state index in [0.717, 1.165) is 32.1 Å². The number of nitrogens with one attached hydrogen (secondary N) is 1. The molecule has 0 unspecified atom stereocenters. The normalized spacial score (nSPS) is 21.2. The summed E-state index contributed by atoms with van der Waals surface area (Å²) in [6.45, 7) is 3.64. The molecule has 1 fully saturated rings. The number of nitrogens with zero attached hydrogens (tertiary/aromatic N) is 2. The summed E-state index contributed by atoms with van der Waals surface area (Å²) in [4.78, 5) is 28.5. The average Bonchev–Trinajstić information content (AvgIpc) is 2.95. The van der Waals surface area contributed by atoms with Gasteiger partial charge in [-0.2, -0.15) is 4.31 Å². The number of sulfonamides is 1. The Kier molecular flexibility index (Phi) is 9.76. The maximum atomic E-state index is 13.7. The number of ether oxygens (including phenoxy) is 1. The fourth-order valence-corrected chi connectivity index (χ4v) is 6.61. The molecule has 0 bridgehead atoms. The number of amides is 2. The van der Waals surface area contributed by atoms with Crippen LogP contribution in [0.5, 0.6) is 5.75 Å². The van der Waals surface area contributed by atoms with Gasteiger partial charge in [-0.15, -0.1) is 0 Å². The quantitative estimate of drug-likeness (QED) is 0.470. The molecule has 0 spiro atoms. The summed E-state index contributed by atoms with van der Waals surface area (Å²) in [6, 6.07) is 10.5. The number of aliphatic hydroxyl groups is 1. The number of para-hydroxylation sites is 1. The predicted octanol–water partition coefficient (Wildman–Crippen LogP) is 4.40. The highest BCUT2D eigenvalue weighted by atomic mass is 35.5. The lowest BCUT2D eigenvalue weighted by Gasteiger charge is -2.38. The van der Waals surface area contributed by atoms with Crippen LogP contribution in [-0.4, -0.2) is 73.4 Å². The van der Waals surface area contributed by atoms with Crippen molar-refractivity contribution in [1.82, 2.24) is 9.21 Å². The van der Waals surface area contributed by atoms with Crippen molar-refractivity contribution in [3.8, 4) is 5.75 Å². The summed E-state index contributed by atoms with van der Waals surface area (Å²) in [7, 11) is -2.38. The Hall–Kier alpha value is -2.66. The Labute approximate surface area is 241 Å². The first kappa shape index (κ1) is 30.3. The van der Waals surface area contributed by atoms with Crippen molar-refractivity contribution in [2.75, 3.05) is 32.1 Å². The van der Waals surface area contributed by atoms with Crippen molar-refractivity contribution in [2.24, 2.45) is 11.8 Å². The van der Waals surface area contributed by atoms with Gasteiger partial charge >= 0.3 is 0 Å². The van der Waals surface area contributed by atoms with E-state index in [2.05, 4.69) is 5.32 Å². The van der Waals surface area contributed by atoms with E-state index in [4.69, 9.17) is 16.3 Å². The Morgan fingerprint density at radius 3 is 2.50 bits per heavy atom. The zero-order valence-corrected chi connectivity index (χ0v) is 24.7. The van der Waals surface area contributed by atoms with Gasteiger partial charge in [0.2, 0.25) is 15.9 Å². The van der Waals surface area contributed by atoms with Crippen molar-refractivity contribution in [3.63, 3.8) is 0 Å². The second kappa shape index (κ2) is 12.9. The molecular weight excluding hydrogens is 554 g/mol. The van der Waals surface area contributed by atoms with Crippen LogP contribution in [0, 0.1) is 11.8 Å². The second-order valence-electron chi connectivity index (χ2n) is 10.9. The van der Waals surface area contributed by atoms with E-state index >= 15 is 0 Å². The molecule has 1 saturated carbocycles. The molecular formula is C29H38ClN3O6S. The molecule has 1 aliphatic heterocycles. The van der Waals surface area contributed by atoms with Crippen LogP contribution in [0.4, 0.5) is 5.69 Å². The van der Waals surface area contributed by atoms with E-state index in [-0.39, 0.29) is 59.6 Å². The minimum atomic E-state index is -3.86. The molecule has 2 N–H and O–H groups in total. The summed E-state index contributed by atoms with van der Waals surface area (Å²) >= 11 is 5.95. The van der Waals surface area contributed by atoms with E-state index in [9.17, 15) is 23.1 Å². The maximum absolute atomic E-state index is 13.7. The lowest BCUT2D eigenvalue weighted by Crippen LogP contribution is -2.50. The van der Waals surface area contributed by atoms with Crippen LogP contribution in [0.1, 0.15) is 56.3 Å². The highest BCUT2D eigenvalue weighted by Gasteiger charge is 2.36. The smallest absolute Gasteiger partial charge is 0.258 e. The molecule has 0 saturated heterocycles. The Morgan fingerprint density at radius 1 is 1.18 bits per heavy atom. The van der Waals surface area contributed by atoms with Crippen LogP contribution in [-0.2, 0) is 14.8 Å². The fraction of sp³-hybridized carbons (Fsp3) is 0.517. The van der Waals surface area contributed by atoms with Gasteiger partial charge in [-0.3, -0.25) is 9.59 Å². The van der Waals surface area contributed by atoms with E-state index in [1.54, 1.807) is 30.0 Å². The number of likely N-dealkylation sites (N-methyl/N-ethyl adjacent to an activating group) is 1. The van der Waals surface area contributed by atoms with Crippen LogP contribution in [0.15, 0.2) is 47.4 Å². The molecule has 2 aromatic carbocycles. The molecule has 2 aromatic rings. The van der Waals surface area contributed by atoms with Crippen LogP contribution in [0.2, 0.25) is 5.02 Å². The van der Waals surface area contributed by atoms with Gasteiger partial charge in [0.25, 0.3) is 5.91 Å². The highest BCUT2D eigenvalue weighted by molar-refractivity contribution is 7.89. The molecule has 1 heterocycles. The lowest BCUT2D eigenvalue weighted by molar-refractivity contribution is -0.120. The zero-order chi connectivity index (χ0) is 29.0. The van der Waals surface area contributed by atoms with Crippen molar-refractivity contribution in [3.05, 3.63) is 53.1 Å².